The summed E-state index contributed by atoms with van der Waals surface area (Å²) in [5.74, 6) is -4.37. The average molecular weight is 575 g/mol. The lowest BCUT2D eigenvalue weighted by molar-refractivity contribution is -0.189. The van der Waals surface area contributed by atoms with E-state index in [0.29, 0.717) is 17.9 Å². The Morgan fingerprint density at radius 1 is 1.21 bits per heavy atom. The predicted octanol–water partition coefficient (Wildman–Crippen LogP) is 7.38. The van der Waals surface area contributed by atoms with Gasteiger partial charge in [0.25, 0.3) is 5.91 Å². The van der Waals surface area contributed by atoms with E-state index in [1.165, 1.54) is 12.1 Å². The molecule has 0 saturated heterocycles. The summed E-state index contributed by atoms with van der Waals surface area (Å²) in [6.45, 7) is 2.42. The van der Waals surface area contributed by atoms with Crippen LogP contribution in [0.25, 0.3) is 10.6 Å². The fourth-order valence-corrected chi connectivity index (χ4v) is 4.91. The first-order valence-corrected chi connectivity index (χ1v) is 12.6. The molecule has 3 aromatic rings. The number of carbonyl (C=O) groups is 2. The predicted molar refractivity (Wildman–Crippen MR) is 131 cm³/mol. The van der Waals surface area contributed by atoms with Gasteiger partial charge in [0.1, 0.15) is 22.4 Å². The van der Waals surface area contributed by atoms with Crippen molar-refractivity contribution < 1.29 is 41.0 Å². The Hall–Kier alpha value is -3.25. The molecule has 1 aromatic heterocycles. The molecule has 0 spiro atoms. The van der Waals surface area contributed by atoms with Crippen LogP contribution in [0.1, 0.15) is 58.3 Å². The van der Waals surface area contributed by atoms with Gasteiger partial charge in [0, 0.05) is 10.4 Å². The van der Waals surface area contributed by atoms with Crippen LogP contribution in [0.15, 0.2) is 30.3 Å². The molecule has 1 saturated carbocycles. The van der Waals surface area contributed by atoms with Crippen LogP contribution in [0, 0.1) is 11.6 Å². The van der Waals surface area contributed by atoms with E-state index in [1.807, 2.05) is 0 Å². The standard InChI is InChI=1S/C25H20ClF5N2O4S/c1-3-36-24(35)20-21(12-7-8-12)38-23(33-20)13-10-18(37-11(2)25(29,30)31)14(9-17(13)28)22(34)32-19-15(26)5-4-6-16(19)27/h4-6,9-12H,3,7-8H2,1-2H3,(H,32,34)/t11-/m0/s1. The molecule has 0 radical (unpaired) electrons. The van der Waals surface area contributed by atoms with Crippen molar-refractivity contribution in [3.63, 3.8) is 0 Å². The third kappa shape index (κ3) is 5.91. The molecule has 1 aliphatic carbocycles. The highest BCUT2D eigenvalue weighted by atomic mass is 35.5. The van der Waals surface area contributed by atoms with E-state index in [4.69, 9.17) is 21.1 Å². The molecule has 1 aliphatic rings. The number of halogens is 6. The number of ether oxygens (including phenoxy) is 2. The van der Waals surface area contributed by atoms with Crippen molar-refractivity contribution >= 4 is 40.5 Å². The molecule has 202 valence electrons. The topological polar surface area (TPSA) is 77.5 Å². The van der Waals surface area contributed by atoms with E-state index in [2.05, 4.69) is 10.3 Å². The van der Waals surface area contributed by atoms with E-state index in [9.17, 15) is 27.2 Å². The van der Waals surface area contributed by atoms with Crippen molar-refractivity contribution in [2.24, 2.45) is 0 Å². The molecule has 2 aromatic carbocycles. The maximum absolute atomic E-state index is 15.3. The number of para-hydroxylation sites is 1. The smallest absolute Gasteiger partial charge is 0.425 e. The molecule has 1 fully saturated rings. The van der Waals surface area contributed by atoms with Gasteiger partial charge < -0.3 is 14.8 Å². The molecule has 0 aliphatic heterocycles. The number of esters is 1. The number of nitrogens with zero attached hydrogens (tertiary/aromatic N) is 1. The third-order valence-electron chi connectivity index (χ3n) is 5.58. The number of hydrogen-bond donors (Lipinski definition) is 1. The maximum atomic E-state index is 15.3. The Morgan fingerprint density at radius 3 is 2.53 bits per heavy atom. The SMILES string of the molecule is CCOC(=O)c1nc(-c2cc(O[C@@H](C)C(F)(F)F)c(C(=O)Nc3c(F)cccc3Cl)cc2F)sc1C1CC1. The number of amides is 1. The van der Waals surface area contributed by atoms with Gasteiger partial charge in [-0.25, -0.2) is 18.6 Å². The first kappa shape index (κ1) is 27.8. The minimum atomic E-state index is -4.81. The molecular weight excluding hydrogens is 555 g/mol. The number of thiazole rings is 1. The molecular formula is C25H20ClF5N2O4S. The average Bonchev–Trinajstić information content (AvgIpc) is 3.59. The first-order valence-electron chi connectivity index (χ1n) is 11.4. The van der Waals surface area contributed by atoms with Crippen molar-refractivity contribution in [1.29, 1.82) is 0 Å². The summed E-state index contributed by atoms with van der Waals surface area (Å²) in [4.78, 5) is 30.2. The Bertz CT molecular complexity index is 1370. The highest BCUT2D eigenvalue weighted by Crippen LogP contribution is 2.47. The summed E-state index contributed by atoms with van der Waals surface area (Å²) in [5.41, 5.74) is -1.34. The van der Waals surface area contributed by atoms with Crippen molar-refractivity contribution in [3.05, 3.63) is 63.1 Å². The normalized spacial score (nSPS) is 14.2. The number of aromatic nitrogens is 1. The molecule has 0 bridgehead atoms. The van der Waals surface area contributed by atoms with Gasteiger partial charge in [-0.3, -0.25) is 4.79 Å². The number of carbonyl (C=O) groups excluding carboxylic acids is 2. The van der Waals surface area contributed by atoms with Crippen molar-refractivity contribution in [1.82, 2.24) is 4.98 Å². The Labute approximate surface area is 222 Å². The van der Waals surface area contributed by atoms with Crippen LogP contribution < -0.4 is 10.1 Å². The zero-order valence-electron chi connectivity index (χ0n) is 19.9. The number of anilines is 1. The third-order valence-corrected chi connectivity index (χ3v) is 7.15. The summed E-state index contributed by atoms with van der Waals surface area (Å²) in [6.07, 6.45) is -5.59. The van der Waals surface area contributed by atoms with Crippen molar-refractivity contribution in [2.75, 3.05) is 11.9 Å². The summed E-state index contributed by atoms with van der Waals surface area (Å²) in [7, 11) is 0. The lowest BCUT2D eigenvalue weighted by Gasteiger charge is -2.20. The summed E-state index contributed by atoms with van der Waals surface area (Å²) in [5, 5.41) is 1.97. The van der Waals surface area contributed by atoms with Crippen molar-refractivity contribution in [2.45, 2.75) is 44.9 Å². The zero-order chi connectivity index (χ0) is 27.8. The van der Waals surface area contributed by atoms with Crippen LogP contribution in [-0.2, 0) is 4.74 Å². The van der Waals surface area contributed by atoms with Gasteiger partial charge in [0.05, 0.1) is 22.9 Å². The summed E-state index contributed by atoms with van der Waals surface area (Å²) in [6, 6.07) is 5.15. The number of alkyl halides is 3. The van der Waals surface area contributed by atoms with Crippen LogP contribution >= 0.6 is 22.9 Å². The first-order chi connectivity index (χ1) is 17.9. The zero-order valence-corrected chi connectivity index (χ0v) is 21.5. The lowest BCUT2D eigenvalue weighted by atomic mass is 10.1. The fraction of sp³-hybridized carbons (Fsp3) is 0.320. The largest absolute Gasteiger partial charge is 0.480 e. The lowest BCUT2D eigenvalue weighted by Crippen LogP contribution is -2.32. The van der Waals surface area contributed by atoms with E-state index < -0.39 is 52.8 Å². The molecule has 13 heteroatoms. The van der Waals surface area contributed by atoms with E-state index >= 15 is 4.39 Å². The molecule has 1 heterocycles. The Balaban J connectivity index is 1.79. The summed E-state index contributed by atoms with van der Waals surface area (Å²) < 4.78 is 79.5. The summed E-state index contributed by atoms with van der Waals surface area (Å²) >= 11 is 6.93. The van der Waals surface area contributed by atoms with E-state index in [-0.39, 0.29) is 33.8 Å². The number of benzene rings is 2. The molecule has 38 heavy (non-hydrogen) atoms. The fourth-order valence-electron chi connectivity index (χ4n) is 3.46. The van der Waals surface area contributed by atoms with Crippen LogP contribution in [0.2, 0.25) is 5.02 Å². The minimum absolute atomic E-state index is 0.000992. The molecule has 4 rings (SSSR count). The second kappa shape index (κ2) is 10.9. The van der Waals surface area contributed by atoms with E-state index in [0.717, 1.165) is 36.3 Å². The van der Waals surface area contributed by atoms with E-state index in [1.54, 1.807) is 6.92 Å². The van der Waals surface area contributed by atoms with Gasteiger partial charge >= 0.3 is 12.1 Å². The number of rotatable bonds is 8. The molecule has 1 N–H and O–H groups in total. The van der Waals surface area contributed by atoms with Crippen LogP contribution in [-0.4, -0.2) is 35.7 Å². The monoisotopic (exact) mass is 574 g/mol. The van der Waals surface area contributed by atoms with Crippen molar-refractivity contribution in [3.8, 4) is 16.3 Å². The van der Waals surface area contributed by atoms with Crippen LogP contribution in [0.4, 0.5) is 27.6 Å². The highest BCUT2D eigenvalue weighted by molar-refractivity contribution is 7.15. The number of hydrogen-bond acceptors (Lipinski definition) is 6. The number of nitrogens with one attached hydrogen (secondary N) is 1. The van der Waals surface area contributed by atoms with Crippen LogP contribution in [0.5, 0.6) is 5.75 Å². The molecule has 6 nitrogen and oxygen atoms in total. The van der Waals surface area contributed by atoms with Gasteiger partial charge in [-0.2, -0.15) is 13.2 Å². The van der Waals surface area contributed by atoms with Gasteiger partial charge in [0.2, 0.25) is 0 Å². The molecule has 0 unspecified atom stereocenters. The quantitative estimate of drug-likeness (QED) is 0.224. The Kier molecular flexibility index (Phi) is 7.93. The second-order valence-electron chi connectivity index (χ2n) is 8.41. The highest BCUT2D eigenvalue weighted by Gasteiger charge is 2.39. The van der Waals surface area contributed by atoms with Gasteiger partial charge in [0.15, 0.2) is 11.8 Å². The molecule has 1 amide bonds. The second-order valence-corrected chi connectivity index (χ2v) is 9.85. The van der Waals surface area contributed by atoms with Crippen LogP contribution in [0.3, 0.4) is 0 Å². The Morgan fingerprint density at radius 2 is 1.92 bits per heavy atom. The molecule has 1 atom stereocenters. The van der Waals surface area contributed by atoms with Gasteiger partial charge in [-0.1, -0.05) is 17.7 Å². The van der Waals surface area contributed by atoms with Gasteiger partial charge in [-0.15, -0.1) is 11.3 Å². The van der Waals surface area contributed by atoms with Gasteiger partial charge in [-0.05, 0) is 56.9 Å². The maximum Gasteiger partial charge on any atom is 0.425 e. The minimum Gasteiger partial charge on any atom is -0.480 e.